The smallest absolute Gasteiger partial charge is 0.543 e. The molecule has 21 heavy (non-hydrogen) atoms. The third-order valence-corrected chi connectivity index (χ3v) is 4.96. The first-order valence-electron chi connectivity index (χ1n) is 6.97. The summed E-state index contributed by atoms with van der Waals surface area (Å²) in [5, 5.41) is 21.3. The predicted molar refractivity (Wildman–Crippen MR) is 66.0 cm³/mol. The zero-order valence-electron chi connectivity index (χ0n) is 12.6. The first-order valence-corrected chi connectivity index (χ1v) is 6.97. The molecule has 2 aliphatic heterocycles. The number of carbonyl (C=O) groups is 2. The Balaban J connectivity index is 0.00000161. The number of carbonyl (C=O) groups excluding carboxylic acids is 2. The molecule has 2 heterocycles. The molecule has 3 aliphatic rings. The van der Waals surface area contributed by atoms with E-state index in [0.29, 0.717) is 18.4 Å². The summed E-state index contributed by atoms with van der Waals surface area (Å²) in [6.07, 6.45) is 2.26. The quantitative estimate of drug-likeness (QED) is 0.425. The van der Waals surface area contributed by atoms with Crippen LogP contribution in [-0.2, 0) is 14.3 Å². The minimum absolute atomic E-state index is 0. The molecule has 0 bridgehead atoms. The summed E-state index contributed by atoms with van der Waals surface area (Å²) in [6, 6.07) is -0.414. The second-order valence-electron chi connectivity index (χ2n) is 5.83. The second kappa shape index (κ2) is 6.03. The standard InChI is InChI=1S/C14H19NO5.K/c1-7(16)9-11-14(20-2)6-4-3-5-8(14)10(13(18)19)15(11)12(9)17;/h7,9,11,16H,3-6H2,1-2H3,(H,18,19);/q;+1/p-1/t7-,9-,11+,14-;/m1./s1. The van der Waals surface area contributed by atoms with Crippen LogP contribution >= 0.6 is 0 Å². The normalized spacial score (nSPS) is 35.6. The molecule has 0 aromatic carbocycles. The number of hydrogen-bond acceptors (Lipinski definition) is 5. The molecular formula is C14H18KNO5. The summed E-state index contributed by atoms with van der Waals surface area (Å²) < 4.78 is 5.69. The zero-order chi connectivity index (χ0) is 14.7. The summed E-state index contributed by atoms with van der Waals surface area (Å²) in [5.41, 5.74) is -0.130. The van der Waals surface area contributed by atoms with Crippen molar-refractivity contribution in [3.8, 4) is 0 Å². The number of ether oxygens (including phenoxy) is 1. The Labute approximate surface area is 165 Å². The van der Waals surface area contributed by atoms with Crippen LogP contribution in [0.1, 0.15) is 32.6 Å². The Morgan fingerprint density at radius 1 is 1.52 bits per heavy atom. The number of nitrogens with zero attached hydrogens (tertiary/aromatic N) is 1. The van der Waals surface area contributed by atoms with Crippen molar-refractivity contribution in [3.63, 3.8) is 0 Å². The molecular weight excluding hydrogens is 301 g/mol. The number of carboxylic acids is 1. The number of aliphatic hydroxyl groups excluding tert-OH is 1. The molecule has 7 heteroatoms. The molecule has 1 saturated carbocycles. The van der Waals surface area contributed by atoms with Crippen LogP contribution in [0.2, 0.25) is 0 Å². The molecule has 1 amide bonds. The van der Waals surface area contributed by atoms with E-state index in [9.17, 15) is 19.8 Å². The van der Waals surface area contributed by atoms with Crippen molar-refractivity contribution in [2.24, 2.45) is 5.92 Å². The number of hydrogen-bond donors (Lipinski definition) is 1. The van der Waals surface area contributed by atoms with Crippen molar-refractivity contribution >= 4 is 11.9 Å². The van der Waals surface area contributed by atoms with Crippen LogP contribution in [0.3, 0.4) is 0 Å². The van der Waals surface area contributed by atoms with Crippen molar-refractivity contribution in [2.75, 3.05) is 7.11 Å². The van der Waals surface area contributed by atoms with Gasteiger partial charge in [-0.3, -0.25) is 4.79 Å². The molecule has 0 radical (unpaired) electrons. The molecule has 110 valence electrons. The minimum atomic E-state index is -1.33. The predicted octanol–water partition coefficient (Wildman–Crippen LogP) is -3.82. The van der Waals surface area contributed by atoms with Crippen molar-refractivity contribution in [2.45, 2.75) is 50.4 Å². The molecule has 2 fully saturated rings. The van der Waals surface area contributed by atoms with E-state index in [2.05, 4.69) is 0 Å². The van der Waals surface area contributed by atoms with Crippen LogP contribution in [0, 0.1) is 5.92 Å². The molecule has 3 rings (SSSR count). The SMILES string of the molecule is CO[C@]12CCCCC1=C(C(=O)[O-])N1C(=O)[C@H]([C@@H](C)O)[C@H]12.[K+]. The van der Waals surface area contributed by atoms with Gasteiger partial charge in [0.2, 0.25) is 5.91 Å². The molecule has 1 saturated heterocycles. The van der Waals surface area contributed by atoms with Crippen LogP contribution < -0.4 is 56.5 Å². The number of aliphatic carboxylic acids is 1. The molecule has 1 N–H and O–H groups in total. The van der Waals surface area contributed by atoms with Crippen LogP contribution in [0.5, 0.6) is 0 Å². The first kappa shape index (κ1) is 17.6. The largest absolute Gasteiger partial charge is 1.00 e. The summed E-state index contributed by atoms with van der Waals surface area (Å²) in [7, 11) is 1.55. The maximum atomic E-state index is 12.2. The van der Waals surface area contributed by atoms with Gasteiger partial charge >= 0.3 is 51.4 Å². The van der Waals surface area contributed by atoms with Crippen molar-refractivity contribution < 1.29 is 75.9 Å². The monoisotopic (exact) mass is 319 g/mol. The van der Waals surface area contributed by atoms with E-state index in [1.807, 2.05) is 0 Å². The van der Waals surface area contributed by atoms with E-state index < -0.39 is 29.6 Å². The van der Waals surface area contributed by atoms with Gasteiger partial charge in [-0.25, -0.2) is 0 Å². The maximum absolute atomic E-state index is 12.2. The molecule has 0 aromatic heterocycles. The Morgan fingerprint density at radius 3 is 2.71 bits per heavy atom. The van der Waals surface area contributed by atoms with E-state index in [1.165, 1.54) is 4.90 Å². The Bertz CT molecular complexity index is 517. The van der Waals surface area contributed by atoms with Gasteiger partial charge in [0, 0.05) is 7.11 Å². The third kappa shape index (κ3) is 2.21. The van der Waals surface area contributed by atoms with Gasteiger partial charge in [-0.1, -0.05) is 0 Å². The van der Waals surface area contributed by atoms with Gasteiger partial charge < -0.3 is 24.6 Å². The van der Waals surface area contributed by atoms with E-state index in [0.717, 1.165) is 12.8 Å². The number of rotatable bonds is 3. The molecule has 0 aromatic rings. The topological polar surface area (TPSA) is 89.9 Å². The average Bonchev–Trinajstić information content (AvgIpc) is 2.66. The molecule has 6 nitrogen and oxygen atoms in total. The van der Waals surface area contributed by atoms with Crippen molar-refractivity contribution in [1.82, 2.24) is 4.90 Å². The summed E-state index contributed by atoms with van der Waals surface area (Å²) in [5.74, 6) is -2.27. The first-order chi connectivity index (χ1) is 9.45. The van der Waals surface area contributed by atoms with Crippen molar-refractivity contribution in [3.05, 3.63) is 11.3 Å². The number of β-lactam (4-membered cyclic amide) rings is 1. The fraction of sp³-hybridized carbons (Fsp3) is 0.714. The molecule has 1 aliphatic carbocycles. The fourth-order valence-corrected chi connectivity index (χ4v) is 4.14. The van der Waals surface area contributed by atoms with Crippen LogP contribution in [0.15, 0.2) is 11.3 Å². The van der Waals surface area contributed by atoms with E-state index >= 15 is 0 Å². The van der Waals surface area contributed by atoms with Gasteiger partial charge in [0.25, 0.3) is 0 Å². The van der Waals surface area contributed by atoms with Gasteiger partial charge in [0.15, 0.2) is 0 Å². The number of amides is 1. The second-order valence-corrected chi connectivity index (χ2v) is 5.83. The van der Waals surface area contributed by atoms with E-state index in [4.69, 9.17) is 4.74 Å². The maximum Gasteiger partial charge on any atom is 1.00 e. The fourth-order valence-electron chi connectivity index (χ4n) is 4.14. The van der Waals surface area contributed by atoms with Crippen molar-refractivity contribution in [1.29, 1.82) is 0 Å². The average molecular weight is 319 g/mol. The van der Waals surface area contributed by atoms with Crippen LogP contribution in [-0.4, -0.2) is 46.7 Å². The Morgan fingerprint density at radius 2 is 2.19 bits per heavy atom. The minimum Gasteiger partial charge on any atom is -0.543 e. The Kier molecular flexibility index (Phi) is 5.05. The van der Waals surface area contributed by atoms with Gasteiger partial charge in [0.05, 0.1) is 29.7 Å². The zero-order valence-corrected chi connectivity index (χ0v) is 15.7. The molecule has 4 atom stereocenters. The van der Waals surface area contributed by atoms with Gasteiger partial charge in [0.1, 0.15) is 5.60 Å². The van der Waals surface area contributed by atoms with Crippen LogP contribution in [0.25, 0.3) is 0 Å². The third-order valence-electron chi connectivity index (χ3n) is 4.96. The summed E-state index contributed by atoms with van der Waals surface area (Å²) in [4.78, 5) is 24.9. The summed E-state index contributed by atoms with van der Waals surface area (Å²) >= 11 is 0. The van der Waals surface area contributed by atoms with Gasteiger partial charge in [-0.2, -0.15) is 0 Å². The van der Waals surface area contributed by atoms with E-state index in [1.54, 1.807) is 14.0 Å². The number of carboxylic acid groups (broad SMARTS) is 1. The number of methoxy groups -OCH3 is 1. The van der Waals surface area contributed by atoms with Gasteiger partial charge in [-0.05, 0) is 38.2 Å². The van der Waals surface area contributed by atoms with E-state index in [-0.39, 0.29) is 63.0 Å². The van der Waals surface area contributed by atoms with Gasteiger partial charge in [-0.15, -0.1) is 0 Å². The van der Waals surface area contributed by atoms with Crippen LogP contribution in [0.4, 0.5) is 0 Å². The molecule has 0 unspecified atom stereocenters. The summed E-state index contributed by atoms with van der Waals surface area (Å²) in [6.45, 7) is 1.56. The molecule has 0 spiro atoms. The Hall–Kier alpha value is 0.236. The number of fused-ring (bicyclic) bond motifs is 3. The number of aliphatic hydroxyl groups is 1.